The molecule has 0 radical (unpaired) electrons. The number of ether oxygens (including phenoxy) is 1. The number of pyridine rings is 3. The number of H-pyrrole nitrogens is 1. The van der Waals surface area contributed by atoms with Crippen molar-refractivity contribution < 1.29 is 9.53 Å². The van der Waals surface area contributed by atoms with Crippen LogP contribution in [0, 0.1) is 6.92 Å². The van der Waals surface area contributed by atoms with Gasteiger partial charge in [-0.2, -0.15) is 0 Å². The van der Waals surface area contributed by atoms with Crippen molar-refractivity contribution in [3.63, 3.8) is 0 Å². The van der Waals surface area contributed by atoms with Crippen molar-refractivity contribution in [3.05, 3.63) is 60.3 Å². The van der Waals surface area contributed by atoms with Gasteiger partial charge in [0, 0.05) is 48.2 Å². The molecule has 0 spiro atoms. The SMILES string of the molecule is CNC(=O)c1nccc2c(-c3cnc(Nc4ccc(OC)nc4)cc3C)c[nH]c12. The van der Waals surface area contributed by atoms with E-state index in [-0.39, 0.29) is 5.91 Å². The Bertz CT molecular complexity index is 1180. The lowest BCUT2D eigenvalue weighted by Crippen LogP contribution is -2.19. The van der Waals surface area contributed by atoms with Gasteiger partial charge in [-0.05, 0) is 30.7 Å². The van der Waals surface area contributed by atoms with Crippen molar-refractivity contribution in [1.82, 2.24) is 25.3 Å². The van der Waals surface area contributed by atoms with Crippen LogP contribution in [-0.4, -0.2) is 40.0 Å². The van der Waals surface area contributed by atoms with Crippen LogP contribution in [0.25, 0.3) is 22.0 Å². The van der Waals surface area contributed by atoms with Crippen molar-refractivity contribution >= 4 is 28.3 Å². The number of nitrogens with zero attached hydrogens (tertiary/aromatic N) is 3. The number of aromatic amines is 1. The van der Waals surface area contributed by atoms with Gasteiger partial charge in [-0.25, -0.2) is 15.0 Å². The lowest BCUT2D eigenvalue weighted by molar-refractivity contribution is 0.0960. The lowest BCUT2D eigenvalue weighted by atomic mass is 10.0. The Morgan fingerprint density at radius 1 is 1.10 bits per heavy atom. The number of nitrogens with one attached hydrogen (secondary N) is 3. The molecule has 0 aliphatic heterocycles. The summed E-state index contributed by atoms with van der Waals surface area (Å²) in [5, 5.41) is 6.77. The first-order valence-corrected chi connectivity index (χ1v) is 9.03. The van der Waals surface area contributed by atoms with Crippen LogP contribution in [0.2, 0.25) is 0 Å². The van der Waals surface area contributed by atoms with Gasteiger partial charge in [-0.3, -0.25) is 4.79 Å². The number of amides is 1. The van der Waals surface area contributed by atoms with E-state index in [2.05, 4.69) is 30.6 Å². The monoisotopic (exact) mass is 388 g/mol. The number of hydrogen-bond donors (Lipinski definition) is 3. The standard InChI is InChI=1S/C21H20N6O2/c1-12-8-17(27-13-4-5-18(29-3)25-9-13)24-10-15(12)16-11-26-19-14(16)6-7-23-20(19)21(28)22-2/h4-11,26H,1-3H3,(H,22,28)(H,24,27). The second kappa shape index (κ2) is 7.59. The number of aromatic nitrogens is 4. The van der Waals surface area contributed by atoms with Crippen LogP contribution >= 0.6 is 0 Å². The average molecular weight is 388 g/mol. The molecule has 0 aromatic carbocycles. The van der Waals surface area contributed by atoms with E-state index in [1.807, 2.05) is 37.5 Å². The molecule has 0 bridgehead atoms. The first-order chi connectivity index (χ1) is 14.1. The fraction of sp³-hybridized carbons (Fsp3) is 0.143. The second-order valence-corrected chi connectivity index (χ2v) is 6.46. The fourth-order valence-electron chi connectivity index (χ4n) is 3.20. The number of fused-ring (bicyclic) bond motifs is 1. The summed E-state index contributed by atoms with van der Waals surface area (Å²) >= 11 is 0. The third kappa shape index (κ3) is 3.47. The van der Waals surface area contributed by atoms with Crippen LogP contribution in [0.5, 0.6) is 5.88 Å². The Balaban J connectivity index is 1.67. The minimum absolute atomic E-state index is 0.230. The second-order valence-electron chi connectivity index (χ2n) is 6.46. The van der Waals surface area contributed by atoms with Gasteiger partial charge >= 0.3 is 0 Å². The van der Waals surface area contributed by atoms with Crippen molar-refractivity contribution in [1.29, 1.82) is 0 Å². The van der Waals surface area contributed by atoms with Crippen LogP contribution in [0.1, 0.15) is 16.1 Å². The molecule has 8 heteroatoms. The molecule has 0 aliphatic carbocycles. The number of anilines is 2. The molecule has 3 N–H and O–H groups in total. The zero-order chi connectivity index (χ0) is 20.4. The fourth-order valence-corrected chi connectivity index (χ4v) is 3.20. The molecule has 4 aromatic rings. The molecular formula is C21H20N6O2. The van der Waals surface area contributed by atoms with Crippen molar-refractivity contribution in [2.24, 2.45) is 0 Å². The van der Waals surface area contributed by atoms with Crippen LogP contribution in [-0.2, 0) is 0 Å². The van der Waals surface area contributed by atoms with Crippen molar-refractivity contribution in [3.8, 4) is 17.0 Å². The Morgan fingerprint density at radius 3 is 2.66 bits per heavy atom. The van der Waals surface area contributed by atoms with Crippen molar-refractivity contribution in [2.45, 2.75) is 6.92 Å². The minimum atomic E-state index is -0.230. The molecule has 0 aliphatic rings. The van der Waals surface area contributed by atoms with Crippen molar-refractivity contribution in [2.75, 3.05) is 19.5 Å². The molecular weight excluding hydrogens is 368 g/mol. The van der Waals surface area contributed by atoms with Gasteiger partial charge in [0.05, 0.1) is 24.5 Å². The number of rotatable bonds is 5. The zero-order valence-corrected chi connectivity index (χ0v) is 16.3. The average Bonchev–Trinajstić information content (AvgIpc) is 3.18. The smallest absolute Gasteiger partial charge is 0.271 e. The van der Waals surface area contributed by atoms with Gasteiger partial charge < -0.3 is 20.4 Å². The van der Waals surface area contributed by atoms with Crippen LogP contribution in [0.15, 0.2) is 49.1 Å². The molecule has 4 aromatic heterocycles. The molecule has 0 saturated heterocycles. The van der Waals surface area contributed by atoms with Crippen LogP contribution in [0.4, 0.5) is 11.5 Å². The summed E-state index contributed by atoms with van der Waals surface area (Å²) in [6.07, 6.45) is 7.02. The lowest BCUT2D eigenvalue weighted by Gasteiger charge is -2.10. The highest BCUT2D eigenvalue weighted by molar-refractivity contribution is 6.07. The quantitative estimate of drug-likeness (QED) is 0.484. The summed E-state index contributed by atoms with van der Waals surface area (Å²) in [5.41, 5.74) is 4.88. The van der Waals surface area contributed by atoms with E-state index in [0.717, 1.165) is 27.8 Å². The van der Waals surface area contributed by atoms with E-state index in [1.165, 1.54) is 0 Å². The van der Waals surface area contributed by atoms with Gasteiger partial charge in [-0.1, -0.05) is 0 Å². The Morgan fingerprint density at radius 2 is 1.97 bits per heavy atom. The largest absolute Gasteiger partial charge is 0.481 e. The van der Waals surface area contributed by atoms with Gasteiger partial charge in [-0.15, -0.1) is 0 Å². The summed E-state index contributed by atoms with van der Waals surface area (Å²) in [4.78, 5) is 28.2. The van der Waals surface area contributed by atoms with Gasteiger partial charge in [0.25, 0.3) is 5.91 Å². The molecule has 29 heavy (non-hydrogen) atoms. The van der Waals surface area contributed by atoms with E-state index in [0.29, 0.717) is 22.9 Å². The van der Waals surface area contributed by atoms with E-state index >= 15 is 0 Å². The first kappa shape index (κ1) is 18.4. The first-order valence-electron chi connectivity index (χ1n) is 9.03. The third-order valence-corrected chi connectivity index (χ3v) is 4.66. The molecule has 0 unspecified atom stereocenters. The van der Waals surface area contributed by atoms with E-state index < -0.39 is 0 Å². The highest BCUT2D eigenvalue weighted by atomic mass is 16.5. The van der Waals surface area contributed by atoms with Crippen LogP contribution in [0.3, 0.4) is 0 Å². The zero-order valence-electron chi connectivity index (χ0n) is 16.3. The molecule has 146 valence electrons. The number of hydrogen-bond acceptors (Lipinski definition) is 6. The maximum Gasteiger partial charge on any atom is 0.271 e. The number of carbonyl (C=O) groups excluding carboxylic acids is 1. The normalized spacial score (nSPS) is 10.7. The summed E-state index contributed by atoms with van der Waals surface area (Å²) in [6.45, 7) is 2.02. The molecule has 8 nitrogen and oxygen atoms in total. The Labute approximate surface area is 167 Å². The highest BCUT2D eigenvalue weighted by Crippen LogP contribution is 2.32. The molecule has 1 amide bonds. The molecule has 0 atom stereocenters. The molecule has 4 rings (SSSR count). The summed E-state index contributed by atoms with van der Waals surface area (Å²) in [6, 6.07) is 7.53. The maximum absolute atomic E-state index is 12.1. The Hall–Kier alpha value is -3.94. The maximum atomic E-state index is 12.1. The van der Waals surface area contributed by atoms with E-state index in [9.17, 15) is 4.79 Å². The van der Waals surface area contributed by atoms with Gasteiger partial charge in [0.1, 0.15) is 5.82 Å². The molecule has 0 fully saturated rings. The predicted molar refractivity (Wildman–Crippen MR) is 112 cm³/mol. The van der Waals surface area contributed by atoms with E-state index in [4.69, 9.17) is 4.74 Å². The summed E-state index contributed by atoms with van der Waals surface area (Å²) in [5.74, 6) is 1.04. The van der Waals surface area contributed by atoms with Gasteiger partial charge in [0.15, 0.2) is 5.69 Å². The van der Waals surface area contributed by atoms with Gasteiger partial charge in [0.2, 0.25) is 5.88 Å². The number of carbonyl (C=O) groups is 1. The number of methoxy groups -OCH3 is 1. The molecule has 4 heterocycles. The van der Waals surface area contributed by atoms with E-state index in [1.54, 1.807) is 32.6 Å². The Kier molecular flexibility index (Phi) is 4.82. The summed E-state index contributed by atoms with van der Waals surface area (Å²) < 4.78 is 5.07. The number of aryl methyl sites for hydroxylation is 1. The highest BCUT2D eigenvalue weighted by Gasteiger charge is 2.16. The molecule has 0 saturated carbocycles. The third-order valence-electron chi connectivity index (χ3n) is 4.66. The van der Waals surface area contributed by atoms with Crippen LogP contribution < -0.4 is 15.4 Å². The minimum Gasteiger partial charge on any atom is -0.481 e. The predicted octanol–water partition coefficient (Wildman–Crippen LogP) is 3.44. The topological polar surface area (TPSA) is 105 Å². The summed E-state index contributed by atoms with van der Waals surface area (Å²) in [7, 11) is 3.17.